The van der Waals surface area contributed by atoms with Crippen molar-refractivity contribution in [1.29, 1.82) is 0 Å². The first-order chi connectivity index (χ1) is 6.13. The summed E-state index contributed by atoms with van der Waals surface area (Å²) in [5.74, 6) is 0. The van der Waals surface area contributed by atoms with Gasteiger partial charge in [0.05, 0.1) is 0 Å². The summed E-state index contributed by atoms with van der Waals surface area (Å²) in [7, 11) is 0. The van der Waals surface area contributed by atoms with Crippen LogP contribution in [0.1, 0.15) is 23.6 Å². The average Bonchev–Trinajstić information content (AvgIpc) is 2.42. The predicted molar refractivity (Wildman–Crippen MR) is 53.8 cm³/mol. The Morgan fingerprint density at radius 1 is 1.31 bits per heavy atom. The van der Waals surface area contributed by atoms with Gasteiger partial charge in [0, 0.05) is 6.61 Å². The normalized spacial score (nSPS) is 26.1. The minimum atomic E-state index is 0.0934. The minimum absolute atomic E-state index is 0.0934. The van der Waals surface area contributed by atoms with Crippen molar-refractivity contribution in [1.82, 2.24) is 0 Å². The van der Waals surface area contributed by atoms with E-state index in [9.17, 15) is 5.11 Å². The number of rotatable bonds is 1. The van der Waals surface area contributed by atoms with Crippen molar-refractivity contribution < 1.29 is 5.11 Å². The van der Waals surface area contributed by atoms with Crippen molar-refractivity contribution >= 4 is 0 Å². The second-order valence-corrected chi connectivity index (χ2v) is 4.59. The first-order valence-corrected chi connectivity index (χ1v) is 4.82. The molecular weight excluding hydrogens is 160 g/mol. The molecule has 1 aromatic rings. The van der Waals surface area contributed by atoms with E-state index in [1.165, 1.54) is 16.7 Å². The van der Waals surface area contributed by atoms with Crippen LogP contribution in [0.4, 0.5) is 0 Å². The maximum absolute atomic E-state index is 9.27. The summed E-state index contributed by atoms with van der Waals surface area (Å²) in [6.07, 6.45) is 2.06. The van der Waals surface area contributed by atoms with E-state index in [2.05, 4.69) is 32.0 Å². The molecule has 0 radical (unpaired) electrons. The van der Waals surface area contributed by atoms with Gasteiger partial charge in [0.15, 0.2) is 0 Å². The standard InChI is InChI=1S/C12H16O/c1-9-3-4-10-6-12(2,8-13)7-11(10)5-9/h3-5,13H,6-8H2,1-2H3/t12-/m0/s1. The molecule has 1 heteroatoms. The smallest absolute Gasteiger partial charge is 0.0491 e. The maximum atomic E-state index is 9.27. The Bertz CT molecular complexity index is 330. The van der Waals surface area contributed by atoms with E-state index in [0.717, 1.165) is 12.8 Å². The van der Waals surface area contributed by atoms with Gasteiger partial charge in [-0.25, -0.2) is 0 Å². The Hall–Kier alpha value is -0.820. The highest BCUT2D eigenvalue weighted by Crippen LogP contribution is 2.36. The highest BCUT2D eigenvalue weighted by Gasteiger charge is 2.31. The second kappa shape index (κ2) is 2.85. The molecule has 0 spiro atoms. The van der Waals surface area contributed by atoms with Crippen molar-refractivity contribution in [3.8, 4) is 0 Å². The number of fused-ring (bicyclic) bond motifs is 1. The van der Waals surface area contributed by atoms with Gasteiger partial charge < -0.3 is 5.11 Å². The quantitative estimate of drug-likeness (QED) is 0.694. The van der Waals surface area contributed by atoms with Crippen LogP contribution in [0.15, 0.2) is 18.2 Å². The average molecular weight is 176 g/mol. The summed E-state index contributed by atoms with van der Waals surface area (Å²) in [6, 6.07) is 6.60. The van der Waals surface area contributed by atoms with Crippen LogP contribution in [-0.4, -0.2) is 11.7 Å². The second-order valence-electron chi connectivity index (χ2n) is 4.59. The highest BCUT2D eigenvalue weighted by atomic mass is 16.3. The monoisotopic (exact) mass is 176 g/mol. The molecule has 1 atom stereocenters. The van der Waals surface area contributed by atoms with Crippen molar-refractivity contribution in [3.63, 3.8) is 0 Å². The fourth-order valence-electron chi connectivity index (χ4n) is 2.19. The molecule has 0 saturated heterocycles. The van der Waals surface area contributed by atoms with Crippen LogP contribution in [0, 0.1) is 12.3 Å². The van der Waals surface area contributed by atoms with E-state index in [4.69, 9.17) is 0 Å². The molecule has 1 N–H and O–H groups in total. The van der Waals surface area contributed by atoms with Crippen LogP contribution >= 0.6 is 0 Å². The Balaban J connectivity index is 2.35. The number of hydrogen-bond donors (Lipinski definition) is 1. The van der Waals surface area contributed by atoms with Crippen LogP contribution in [-0.2, 0) is 12.8 Å². The van der Waals surface area contributed by atoms with Gasteiger partial charge in [-0.15, -0.1) is 0 Å². The third kappa shape index (κ3) is 1.49. The van der Waals surface area contributed by atoms with Crippen LogP contribution < -0.4 is 0 Å². The molecule has 0 saturated carbocycles. The van der Waals surface area contributed by atoms with Gasteiger partial charge in [-0.05, 0) is 36.3 Å². The van der Waals surface area contributed by atoms with Crippen LogP contribution in [0.5, 0.6) is 0 Å². The Morgan fingerprint density at radius 3 is 2.69 bits per heavy atom. The summed E-state index contributed by atoms with van der Waals surface area (Å²) in [6.45, 7) is 4.57. The maximum Gasteiger partial charge on any atom is 0.0491 e. The summed E-state index contributed by atoms with van der Waals surface area (Å²) in [5, 5.41) is 9.27. The van der Waals surface area contributed by atoms with Crippen molar-refractivity contribution in [2.75, 3.05) is 6.61 Å². The minimum Gasteiger partial charge on any atom is -0.396 e. The van der Waals surface area contributed by atoms with E-state index in [-0.39, 0.29) is 5.41 Å². The zero-order chi connectivity index (χ0) is 9.47. The van der Waals surface area contributed by atoms with Gasteiger partial charge in [-0.1, -0.05) is 30.7 Å². The summed E-state index contributed by atoms with van der Waals surface area (Å²) >= 11 is 0. The Kier molecular flexibility index (Phi) is 1.92. The van der Waals surface area contributed by atoms with E-state index < -0.39 is 0 Å². The molecule has 0 unspecified atom stereocenters. The van der Waals surface area contributed by atoms with E-state index in [0.29, 0.717) is 6.61 Å². The fourth-order valence-corrected chi connectivity index (χ4v) is 2.19. The molecule has 2 rings (SSSR count). The third-order valence-electron chi connectivity index (χ3n) is 2.98. The first kappa shape index (κ1) is 8.76. The van der Waals surface area contributed by atoms with Gasteiger partial charge in [0.2, 0.25) is 0 Å². The molecule has 13 heavy (non-hydrogen) atoms. The lowest BCUT2D eigenvalue weighted by molar-refractivity contribution is 0.152. The van der Waals surface area contributed by atoms with Gasteiger partial charge in [0.1, 0.15) is 0 Å². The molecular formula is C12H16O. The summed E-state index contributed by atoms with van der Waals surface area (Å²) in [4.78, 5) is 0. The molecule has 1 aliphatic rings. The lowest BCUT2D eigenvalue weighted by atomic mass is 9.88. The molecule has 70 valence electrons. The van der Waals surface area contributed by atoms with Gasteiger partial charge >= 0.3 is 0 Å². The molecule has 1 aliphatic carbocycles. The molecule has 0 aliphatic heterocycles. The van der Waals surface area contributed by atoms with E-state index in [1.54, 1.807) is 0 Å². The van der Waals surface area contributed by atoms with Crippen LogP contribution in [0.3, 0.4) is 0 Å². The van der Waals surface area contributed by atoms with Gasteiger partial charge in [-0.2, -0.15) is 0 Å². The Morgan fingerprint density at radius 2 is 2.00 bits per heavy atom. The highest BCUT2D eigenvalue weighted by molar-refractivity contribution is 5.37. The fraction of sp³-hybridized carbons (Fsp3) is 0.500. The number of aliphatic hydroxyl groups is 1. The summed E-state index contributed by atoms with van der Waals surface area (Å²) < 4.78 is 0. The zero-order valence-corrected chi connectivity index (χ0v) is 8.30. The molecule has 1 aromatic carbocycles. The lowest BCUT2D eigenvalue weighted by Crippen LogP contribution is -2.21. The topological polar surface area (TPSA) is 20.2 Å². The molecule has 1 nitrogen and oxygen atoms in total. The molecule has 0 amide bonds. The van der Waals surface area contributed by atoms with Crippen molar-refractivity contribution in [2.45, 2.75) is 26.7 Å². The molecule has 0 bridgehead atoms. The van der Waals surface area contributed by atoms with Crippen LogP contribution in [0.25, 0.3) is 0 Å². The Labute approximate surface area is 79.4 Å². The number of benzene rings is 1. The van der Waals surface area contributed by atoms with E-state index >= 15 is 0 Å². The summed E-state index contributed by atoms with van der Waals surface area (Å²) in [5.41, 5.74) is 4.26. The number of hydrogen-bond acceptors (Lipinski definition) is 1. The van der Waals surface area contributed by atoms with Crippen molar-refractivity contribution in [2.24, 2.45) is 5.41 Å². The first-order valence-electron chi connectivity index (χ1n) is 4.82. The zero-order valence-electron chi connectivity index (χ0n) is 8.30. The largest absolute Gasteiger partial charge is 0.396 e. The SMILES string of the molecule is Cc1ccc2c(c1)C[C@@](C)(CO)C2. The predicted octanol–water partition coefficient (Wildman–Crippen LogP) is 2.09. The van der Waals surface area contributed by atoms with Gasteiger partial charge in [-0.3, -0.25) is 0 Å². The van der Waals surface area contributed by atoms with Crippen molar-refractivity contribution in [3.05, 3.63) is 34.9 Å². The molecule has 0 fully saturated rings. The third-order valence-corrected chi connectivity index (χ3v) is 2.98. The number of aryl methyl sites for hydroxylation is 1. The van der Waals surface area contributed by atoms with E-state index in [1.807, 2.05) is 0 Å². The molecule has 0 aromatic heterocycles. The molecule has 0 heterocycles. The lowest BCUT2D eigenvalue weighted by Gasteiger charge is -2.19. The van der Waals surface area contributed by atoms with Gasteiger partial charge in [0.25, 0.3) is 0 Å². The van der Waals surface area contributed by atoms with Crippen LogP contribution in [0.2, 0.25) is 0 Å². The number of aliphatic hydroxyl groups excluding tert-OH is 1.